The molecule has 0 saturated heterocycles. The van der Waals surface area contributed by atoms with Crippen LogP contribution in [0.25, 0.3) is 0 Å². The van der Waals surface area contributed by atoms with Crippen LogP contribution in [0.4, 0.5) is 0 Å². The number of primary sulfonamides is 1. The van der Waals surface area contributed by atoms with Gasteiger partial charge in [0, 0.05) is 13.7 Å². The first-order chi connectivity index (χ1) is 8.51. The average molecular weight is 272 g/mol. The van der Waals surface area contributed by atoms with Gasteiger partial charge in [0.25, 0.3) is 0 Å². The molecule has 0 amide bonds. The van der Waals surface area contributed by atoms with Gasteiger partial charge in [-0.15, -0.1) is 0 Å². The molecule has 6 heteroatoms. The van der Waals surface area contributed by atoms with E-state index in [4.69, 9.17) is 9.88 Å². The van der Waals surface area contributed by atoms with E-state index < -0.39 is 10.0 Å². The summed E-state index contributed by atoms with van der Waals surface area (Å²) in [6.07, 6.45) is 0.528. The molecule has 0 unspecified atom stereocenters. The minimum absolute atomic E-state index is 0.0206. The molecule has 0 fully saturated rings. The SMILES string of the molecule is COCc1ccc(CNCCCS(N)(=O)=O)cc1. The van der Waals surface area contributed by atoms with Crippen LogP contribution >= 0.6 is 0 Å². The normalized spacial score (nSPS) is 11.7. The Morgan fingerprint density at radius 1 is 1.22 bits per heavy atom. The third kappa shape index (κ3) is 6.70. The summed E-state index contributed by atoms with van der Waals surface area (Å²) in [5.74, 6) is 0.0206. The van der Waals surface area contributed by atoms with E-state index in [1.807, 2.05) is 24.3 Å². The van der Waals surface area contributed by atoms with Gasteiger partial charge < -0.3 is 10.1 Å². The molecular formula is C12H20N2O3S. The van der Waals surface area contributed by atoms with Gasteiger partial charge in [0.05, 0.1) is 12.4 Å². The minimum atomic E-state index is -3.34. The van der Waals surface area contributed by atoms with E-state index in [2.05, 4.69) is 5.32 Å². The number of nitrogens with two attached hydrogens (primary N) is 1. The van der Waals surface area contributed by atoms with Gasteiger partial charge in [-0.2, -0.15) is 0 Å². The van der Waals surface area contributed by atoms with Crippen LogP contribution in [0.2, 0.25) is 0 Å². The van der Waals surface area contributed by atoms with Gasteiger partial charge in [0.15, 0.2) is 0 Å². The Labute approximate surface area is 108 Å². The molecule has 1 rings (SSSR count). The van der Waals surface area contributed by atoms with Crippen LogP contribution in [-0.2, 0) is 27.9 Å². The van der Waals surface area contributed by atoms with Crippen molar-refractivity contribution in [1.29, 1.82) is 0 Å². The molecule has 18 heavy (non-hydrogen) atoms. The van der Waals surface area contributed by atoms with Crippen molar-refractivity contribution >= 4 is 10.0 Å². The number of hydrogen-bond acceptors (Lipinski definition) is 4. The van der Waals surface area contributed by atoms with Crippen molar-refractivity contribution in [2.45, 2.75) is 19.6 Å². The zero-order valence-electron chi connectivity index (χ0n) is 10.6. The molecule has 0 spiro atoms. The number of sulfonamides is 1. The first kappa shape index (κ1) is 15.1. The van der Waals surface area contributed by atoms with E-state index in [9.17, 15) is 8.42 Å². The maximum absolute atomic E-state index is 10.7. The zero-order valence-corrected chi connectivity index (χ0v) is 11.4. The molecular weight excluding hydrogens is 252 g/mol. The molecule has 3 N–H and O–H groups in total. The van der Waals surface area contributed by atoms with E-state index in [0.717, 1.165) is 17.7 Å². The van der Waals surface area contributed by atoms with Crippen LogP contribution in [0.1, 0.15) is 17.5 Å². The second kappa shape index (κ2) is 7.48. The second-order valence-electron chi connectivity index (χ2n) is 4.15. The summed E-state index contributed by atoms with van der Waals surface area (Å²) in [6, 6.07) is 8.10. The molecule has 1 aromatic rings. The number of rotatable bonds is 8. The number of nitrogens with one attached hydrogen (secondary N) is 1. The highest BCUT2D eigenvalue weighted by atomic mass is 32.2. The van der Waals surface area contributed by atoms with Crippen molar-refractivity contribution in [2.24, 2.45) is 5.14 Å². The molecule has 0 aliphatic carbocycles. The van der Waals surface area contributed by atoms with E-state index in [0.29, 0.717) is 19.6 Å². The molecule has 0 bridgehead atoms. The smallest absolute Gasteiger partial charge is 0.209 e. The Kier molecular flexibility index (Phi) is 6.28. The fraction of sp³-hybridized carbons (Fsp3) is 0.500. The Morgan fingerprint density at radius 2 is 1.83 bits per heavy atom. The van der Waals surface area contributed by atoms with Crippen molar-refractivity contribution in [3.8, 4) is 0 Å². The highest BCUT2D eigenvalue weighted by Gasteiger charge is 2.01. The summed E-state index contributed by atoms with van der Waals surface area (Å²) in [6.45, 7) is 1.97. The lowest BCUT2D eigenvalue weighted by atomic mass is 10.1. The lowest BCUT2D eigenvalue weighted by Crippen LogP contribution is -2.22. The summed E-state index contributed by atoms with van der Waals surface area (Å²) in [5, 5.41) is 8.08. The summed E-state index contributed by atoms with van der Waals surface area (Å²) in [4.78, 5) is 0. The highest BCUT2D eigenvalue weighted by molar-refractivity contribution is 7.89. The summed E-state index contributed by atoms with van der Waals surface area (Å²) >= 11 is 0. The molecule has 0 aliphatic rings. The third-order valence-electron chi connectivity index (χ3n) is 2.45. The predicted octanol–water partition coefficient (Wildman–Crippen LogP) is 0.601. The monoisotopic (exact) mass is 272 g/mol. The standard InChI is InChI=1S/C12H20N2O3S/c1-17-10-12-5-3-11(4-6-12)9-14-7-2-8-18(13,15)16/h3-6,14H,2,7-10H2,1H3,(H2,13,15,16). The molecule has 0 aromatic heterocycles. The molecule has 1 aromatic carbocycles. The van der Waals surface area contributed by atoms with Crippen LogP contribution in [0, 0.1) is 0 Å². The Balaban J connectivity index is 2.23. The summed E-state index contributed by atoms with van der Waals surface area (Å²) in [5.41, 5.74) is 2.29. The summed E-state index contributed by atoms with van der Waals surface area (Å²) < 4.78 is 26.4. The van der Waals surface area contributed by atoms with Crippen LogP contribution in [0.5, 0.6) is 0 Å². The maximum Gasteiger partial charge on any atom is 0.209 e. The Morgan fingerprint density at radius 3 is 2.39 bits per heavy atom. The van der Waals surface area contributed by atoms with Crippen LogP contribution in [-0.4, -0.2) is 27.8 Å². The quantitative estimate of drug-likeness (QED) is 0.679. The molecule has 0 atom stereocenters. The topological polar surface area (TPSA) is 81.4 Å². The van der Waals surface area contributed by atoms with Crippen molar-refractivity contribution in [3.05, 3.63) is 35.4 Å². The molecule has 0 radical (unpaired) electrons. The molecule has 5 nitrogen and oxygen atoms in total. The van der Waals surface area contributed by atoms with E-state index in [1.165, 1.54) is 0 Å². The summed E-state index contributed by atoms with van der Waals surface area (Å²) in [7, 11) is -1.67. The number of methoxy groups -OCH3 is 1. The van der Waals surface area contributed by atoms with Gasteiger partial charge in [-0.05, 0) is 24.1 Å². The molecule has 0 saturated carbocycles. The number of ether oxygens (including phenoxy) is 1. The molecule has 102 valence electrons. The lowest BCUT2D eigenvalue weighted by Gasteiger charge is -2.05. The van der Waals surface area contributed by atoms with Gasteiger partial charge in [-0.3, -0.25) is 0 Å². The van der Waals surface area contributed by atoms with Crippen molar-refractivity contribution in [3.63, 3.8) is 0 Å². The molecule has 0 aliphatic heterocycles. The lowest BCUT2D eigenvalue weighted by molar-refractivity contribution is 0.185. The first-order valence-electron chi connectivity index (χ1n) is 5.79. The fourth-order valence-corrected chi connectivity index (χ4v) is 2.10. The van der Waals surface area contributed by atoms with Crippen molar-refractivity contribution < 1.29 is 13.2 Å². The van der Waals surface area contributed by atoms with E-state index in [1.54, 1.807) is 7.11 Å². The van der Waals surface area contributed by atoms with Crippen LogP contribution in [0.3, 0.4) is 0 Å². The van der Waals surface area contributed by atoms with Crippen LogP contribution in [0.15, 0.2) is 24.3 Å². The number of benzene rings is 1. The van der Waals surface area contributed by atoms with Crippen LogP contribution < -0.4 is 10.5 Å². The van der Waals surface area contributed by atoms with Crippen molar-refractivity contribution in [1.82, 2.24) is 5.32 Å². The number of hydrogen-bond donors (Lipinski definition) is 2. The predicted molar refractivity (Wildman–Crippen MR) is 71.5 cm³/mol. The van der Waals surface area contributed by atoms with E-state index in [-0.39, 0.29) is 5.75 Å². The largest absolute Gasteiger partial charge is 0.380 e. The van der Waals surface area contributed by atoms with Gasteiger partial charge in [0.1, 0.15) is 0 Å². The fourth-order valence-electron chi connectivity index (χ4n) is 1.55. The minimum Gasteiger partial charge on any atom is -0.380 e. The van der Waals surface area contributed by atoms with Gasteiger partial charge >= 0.3 is 0 Å². The maximum atomic E-state index is 10.7. The Bertz CT molecular complexity index is 443. The van der Waals surface area contributed by atoms with Crippen molar-refractivity contribution in [2.75, 3.05) is 19.4 Å². The third-order valence-corrected chi connectivity index (χ3v) is 3.30. The van der Waals surface area contributed by atoms with E-state index >= 15 is 0 Å². The Hall–Kier alpha value is -0.950. The first-order valence-corrected chi connectivity index (χ1v) is 7.51. The average Bonchev–Trinajstić information content (AvgIpc) is 2.30. The van der Waals surface area contributed by atoms with Gasteiger partial charge in [-0.1, -0.05) is 24.3 Å². The molecule has 0 heterocycles. The second-order valence-corrected chi connectivity index (χ2v) is 5.88. The van der Waals surface area contributed by atoms with Gasteiger partial charge in [-0.25, -0.2) is 13.6 Å². The zero-order chi connectivity index (χ0) is 13.4. The highest BCUT2D eigenvalue weighted by Crippen LogP contribution is 2.05. The van der Waals surface area contributed by atoms with Gasteiger partial charge in [0.2, 0.25) is 10.0 Å².